The molecule has 1 spiro atoms. The highest BCUT2D eigenvalue weighted by Gasteiger charge is 2.49. The number of rotatable bonds is 10. The molecule has 0 aliphatic heterocycles. The average molecular weight is 761 g/mol. The molecule has 6 aromatic rings. The van der Waals surface area contributed by atoms with E-state index in [1.54, 1.807) is 104 Å². The van der Waals surface area contributed by atoms with Crippen LogP contribution in [-0.2, 0) is 24.9 Å². The molecule has 2 aliphatic rings. The molecule has 0 aromatic heterocycles. The molecule has 0 amide bonds. The van der Waals surface area contributed by atoms with Crippen LogP contribution in [0.3, 0.4) is 0 Å². The number of aryl methyl sites for hydroxylation is 2. The number of carbonyl (C=O) groups excluding carboxylic acids is 4. The number of carbonyl (C=O) groups is 4. The number of aliphatic hydroxyl groups is 1. The lowest BCUT2D eigenvalue weighted by Gasteiger charge is -2.29. The third-order valence-electron chi connectivity index (χ3n) is 10.5. The van der Waals surface area contributed by atoms with Crippen molar-refractivity contribution in [3.05, 3.63) is 184 Å². The Labute approximate surface area is 328 Å². The number of hydrogen-bond donors (Lipinski definition) is 1. The monoisotopic (exact) mass is 760 g/mol. The minimum atomic E-state index is -0.570. The molecule has 0 fully saturated rings. The summed E-state index contributed by atoms with van der Waals surface area (Å²) >= 11 is 0. The maximum absolute atomic E-state index is 13.6. The van der Waals surface area contributed by atoms with Gasteiger partial charge in [-0.2, -0.15) is 0 Å². The highest BCUT2D eigenvalue weighted by atomic mass is 16.5. The number of aliphatic hydroxyl groups excluding tert-OH is 1. The predicted octanol–water partition coefficient (Wildman–Crippen LogP) is 8.24. The van der Waals surface area contributed by atoms with E-state index in [4.69, 9.17) is 23.7 Å². The molecule has 0 bridgehead atoms. The summed E-state index contributed by atoms with van der Waals surface area (Å²) in [5, 5.41) is 9.25. The Bertz CT molecular complexity index is 2310. The average Bonchev–Trinajstić information content (AvgIpc) is 3.82. The summed E-state index contributed by atoms with van der Waals surface area (Å²) in [5.41, 5.74) is 5.29. The summed E-state index contributed by atoms with van der Waals surface area (Å²) in [4.78, 5) is 52.4. The van der Waals surface area contributed by atoms with Crippen molar-refractivity contribution in [2.24, 2.45) is 0 Å². The van der Waals surface area contributed by atoms with Crippen LogP contribution in [0.4, 0.5) is 0 Å². The van der Waals surface area contributed by atoms with Gasteiger partial charge in [0.1, 0.15) is 28.7 Å². The van der Waals surface area contributed by atoms with Crippen LogP contribution in [0.2, 0.25) is 0 Å². The van der Waals surface area contributed by atoms with Gasteiger partial charge in [-0.25, -0.2) is 19.2 Å². The van der Waals surface area contributed by atoms with Crippen LogP contribution < -0.4 is 23.7 Å². The van der Waals surface area contributed by atoms with Gasteiger partial charge in [-0.15, -0.1) is 0 Å². The third-order valence-corrected chi connectivity index (χ3v) is 10.5. The number of fused-ring (bicyclic) bond motifs is 4. The summed E-state index contributed by atoms with van der Waals surface area (Å²) < 4.78 is 28.3. The van der Waals surface area contributed by atoms with Crippen molar-refractivity contribution in [1.29, 1.82) is 0 Å². The van der Waals surface area contributed by atoms with Gasteiger partial charge in [-0.3, -0.25) is 0 Å². The van der Waals surface area contributed by atoms with E-state index < -0.39 is 29.3 Å². The second-order valence-electron chi connectivity index (χ2n) is 13.9. The molecule has 8 rings (SSSR count). The summed E-state index contributed by atoms with van der Waals surface area (Å²) in [7, 11) is 1.54. The topological polar surface area (TPSA) is 135 Å². The van der Waals surface area contributed by atoms with Gasteiger partial charge in [0, 0.05) is 16.5 Å². The number of esters is 4. The van der Waals surface area contributed by atoms with Crippen LogP contribution in [0, 0.1) is 0 Å². The van der Waals surface area contributed by atoms with Gasteiger partial charge < -0.3 is 28.8 Å². The summed E-state index contributed by atoms with van der Waals surface area (Å²) in [5.74, 6) is -0.213. The SMILES string of the molecule is COc1ccc(C(=O)Oc2ccc(C(=O)Oc3cccc4c3[C@]3(CCc5cccc(OC(=O)c6ccc(OC(=O)c7ccc(CO)cc7)cc6)c53)CC4)cc2)cc1. The van der Waals surface area contributed by atoms with Gasteiger partial charge in [0.05, 0.1) is 36.0 Å². The van der Waals surface area contributed by atoms with Gasteiger partial charge in [0.15, 0.2) is 0 Å². The van der Waals surface area contributed by atoms with Gasteiger partial charge in [0.2, 0.25) is 0 Å². The van der Waals surface area contributed by atoms with E-state index in [-0.39, 0.29) is 29.2 Å². The molecule has 0 saturated carbocycles. The fourth-order valence-corrected chi connectivity index (χ4v) is 7.71. The number of hydrogen-bond acceptors (Lipinski definition) is 10. The summed E-state index contributed by atoms with van der Waals surface area (Å²) in [6, 6.07) is 36.7. The van der Waals surface area contributed by atoms with Gasteiger partial charge in [-0.1, -0.05) is 36.4 Å². The molecule has 0 heterocycles. The maximum Gasteiger partial charge on any atom is 0.343 e. The Morgan fingerprint density at radius 3 is 1.25 bits per heavy atom. The van der Waals surface area contributed by atoms with Crippen LogP contribution in [0.5, 0.6) is 28.7 Å². The highest BCUT2D eigenvalue weighted by Crippen LogP contribution is 2.57. The second kappa shape index (κ2) is 15.6. The molecule has 0 unspecified atom stereocenters. The minimum absolute atomic E-state index is 0.129. The highest BCUT2D eigenvalue weighted by molar-refractivity contribution is 5.94. The molecule has 0 saturated heterocycles. The lowest BCUT2D eigenvalue weighted by atomic mass is 9.76. The normalized spacial score (nSPS) is 15.0. The van der Waals surface area contributed by atoms with E-state index in [0.29, 0.717) is 33.9 Å². The van der Waals surface area contributed by atoms with Crippen molar-refractivity contribution in [2.45, 2.75) is 37.7 Å². The first-order chi connectivity index (χ1) is 27.7. The minimum Gasteiger partial charge on any atom is -0.497 e. The zero-order valence-corrected chi connectivity index (χ0v) is 30.9. The maximum atomic E-state index is 13.6. The van der Waals surface area contributed by atoms with E-state index in [1.807, 2.05) is 24.3 Å². The van der Waals surface area contributed by atoms with Crippen LogP contribution in [-0.4, -0.2) is 36.1 Å². The Morgan fingerprint density at radius 1 is 0.491 bits per heavy atom. The molecule has 10 nitrogen and oxygen atoms in total. The van der Waals surface area contributed by atoms with Gasteiger partial charge >= 0.3 is 23.9 Å². The fourth-order valence-electron chi connectivity index (χ4n) is 7.71. The van der Waals surface area contributed by atoms with Crippen molar-refractivity contribution < 1.29 is 48.0 Å². The number of methoxy groups -OCH3 is 1. The standard InChI is InChI=1S/C47H36O10/c1-53-36-18-12-33(13-19-36)44(50)55-38-22-16-35(17-23-38)46(52)57-40-7-3-5-31-25-27-47(42(31)40)26-24-30-4-2-6-39(41(30)47)56-45(51)34-14-20-37(21-15-34)54-43(49)32-10-8-29(28-48)9-11-32/h2-23,48H,24-28H2,1H3/t47-/m1/s1. The Morgan fingerprint density at radius 2 is 0.860 bits per heavy atom. The summed E-state index contributed by atoms with van der Waals surface area (Å²) in [6.45, 7) is -0.129. The van der Waals surface area contributed by atoms with Crippen LogP contribution in [0.15, 0.2) is 133 Å². The quantitative estimate of drug-likeness (QED) is 0.107. The van der Waals surface area contributed by atoms with E-state index in [1.165, 1.54) is 12.1 Å². The van der Waals surface area contributed by atoms with Crippen molar-refractivity contribution in [3.63, 3.8) is 0 Å². The lowest BCUT2D eigenvalue weighted by Crippen LogP contribution is -2.24. The molecule has 0 radical (unpaired) electrons. The lowest BCUT2D eigenvalue weighted by molar-refractivity contribution is 0.0720. The molecule has 1 N–H and O–H groups in total. The second-order valence-corrected chi connectivity index (χ2v) is 13.9. The van der Waals surface area contributed by atoms with E-state index >= 15 is 0 Å². The molecule has 6 aromatic carbocycles. The van der Waals surface area contributed by atoms with Crippen molar-refractivity contribution in [1.82, 2.24) is 0 Å². The van der Waals surface area contributed by atoms with Crippen LogP contribution in [0.1, 0.15) is 82.1 Å². The Hall–Kier alpha value is -7.04. The van der Waals surface area contributed by atoms with E-state index in [9.17, 15) is 24.3 Å². The Kier molecular flexibility index (Phi) is 10.1. The Balaban J connectivity index is 0.980. The summed E-state index contributed by atoms with van der Waals surface area (Å²) in [6.07, 6.45) is 3.00. The first-order valence-electron chi connectivity index (χ1n) is 18.4. The first-order valence-corrected chi connectivity index (χ1v) is 18.4. The molecule has 2 aliphatic carbocycles. The van der Waals surface area contributed by atoms with Crippen molar-refractivity contribution >= 4 is 23.9 Å². The molecule has 284 valence electrons. The third kappa shape index (κ3) is 7.38. The van der Waals surface area contributed by atoms with Crippen LogP contribution >= 0.6 is 0 Å². The van der Waals surface area contributed by atoms with Crippen molar-refractivity contribution in [2.75, 3.05) is 7.11 Å². The fraction of sp³-hybridized carbons (Fsp3) is 0.149. The van der Waals surface area contributed by atoms with E-state index in [0.717, 1.165) is 47.9 Å². The van der Waals surface area contributed by atoms with Gasteiger partial charge in [0.25, 0.3) is 0 Å². The van der Waals surface area contributed by atoms with Crippen molar-refractivity contribution in [3.8, 4) is 28.7 Å². The molecular formula is C47H36O10. The zero-order valence-electron chi connectivity index (χ0n) is 30.9. The molecule has 10 heteroatoms. The smallest absolute Gasteiger partial charge is 0.343 e. The van der Waals surface area contributed by atoms with E-state index in [2.05, 4.69) is 0 Å². The molecule has 1 atom stereocenters. The number of ether oxygens (including phenoxy) is 5. The first kappa shape index (κ1) is 36.9. The largest absolute Gasteiger partial charge is 0.497 e. The number of benzene rings is 6. The predicted molar refractivity (Wildman–Crippen MR) is 208 cm³/mol. The zero-order chi connectivity index (χ0) is 39.5. The van der Waals surface area contributed by atoms with Gasteiger partial charge in [-0.05, 0) is 139 Å². The molecule has 57 heavy (non-hydrogen) atoms. The van der Waals surface area contributed by atoms with Crippen LogP contribution in [0.25, 0.3) is 0 Å². The molecular weight excluding hydrogens is 725 g/mol.